The van der Waals surface area contributed by atoms with Gasteiger partial charge in [0.05, 0.1) is 12.1 Å². The number of nitriles is 2. The predicted molar refractivity (Wildman–Crippen MR) is 90.3 cm³/mol. The molecule has 0 spiro atoms. The molecule has 0 aliphatic rings. The zero-order chi connectivity index (χ0) is 17.2. The standard InChI is InChI=1S/C18H32N4/c1-7-9-17(13-19,11-15(3)4)21-22-18(14-20,10-8-2)12-16(5)6/h15-16H,7-12H2,1-6H3/b22-21+. The van der Waals surface area contributed by atoms with Crippen molar-refractivity contribution in [1.29, 1.82) is 10.5 Å². The van der Waals surface area contributed by atoms with Crippen LogP contribution in [0.15, 0.2) is 10.2 Å². The second kappa shape index (κ2) is 9.57. The highest BCUT2D eigenvalue weighted by Crippen LogP contribution is 2.32. The molecule has 0 saturated carbocycles. The first-order valence-electron chi connectivity index (χ1n) is 8.55. The van der Waals surface area contributed by atoms with E-state index in [9.17, 15) is 10.5 Å². The fourth-order valence-electron chi connectivity index (χ4n) is 3.00. The highest BCUT2D eigenvalue weighted by Gasteiger charge is 2.35. The Morgan fingerprint density at radius 3 is 1.27 bits per heavy atom. The van der Waals surface area contributed by atoms with Gasteiger partial charge in [-0.05, 0) is 37.5 Å². The Hall–Kier alpha value is -1.42. The molecular formula is C18H32N4. The first kappa shape index (κ1) is 20.6. The molecule has 0 saturated heterocycles. The van der Waals surface area contributed by atoms with Gasteiger partial charge in [0, 0.05) is 0 Å². The van der Waals surface area contributed by atoms with Gasteiger partial charge in [-0.25, -0.2) is 0 Å². The lowest BCUT2D eigenvalue weighted by molar-refractivity contribution is 0.331. The Morgan fingerprint density at radius 2 is 1.09 bits per heavy atom. The van der Waals surface area contributed by atoms with Crippen molar-refractivity contribution in [2.75, 3.05) is 0 Å². The van der Waals surface area contributed by atoms with Crippen LogP contribution in [-0.2, 0) is 0 Å². The summed E-state index contributed by atoms with van der Waals surface area (Å²) in [4.78, 5) is 0. The summed E-state index contributed by atoms with van der Waals surface area (Å²) < 4.78 is 0. The van der Waals surface area contributed by atoms with E-state index < -0.39 is 11.1 Å². The van der Waals surface area contributed by atoms with Crippen LogP contribution in [0.5, 0.6) is 0 Å². The van der Waals surface area contributed by atoms with Gasteiger partial charge in [-0.1, -0.05) is 54.4 Å². The molecule has 0 amide bonds. The first-order chi connectivity index (χ1) is 10.3. The molecular weight excluding hydrogens is 272 g/mol. The third kappa shape index (κ3) is 6.56. The molecule has 0 bridgehead atoms. The van der Waals surface area contributed by atoms with Gasteiger partial charge in [0.15, 0.2) is 11.1 Å². The molecule has 0 N–H and O–H groups in total. The molecule has 0 aromatic heterocycles. The molecule has 22 heavy (non-hydrogen) atoms. The zero-order valence-corrected chi connectivity index (χ0v) is 15.2. The lowest BCUT2D eigenvalue weighted by Crippen LogP contribution is -2.30. The fourth-order valence-corrected chi connectivity index (χ4v) is 3.00. The van der Waals surface area contributed by atoms with E-state index in [1.807, 2.05) is 0 Å². The second-order valence-electron chi connectivity index (χ2n) is 7.18. The van der Waals surface area contributed by atoms with Crippen LogP contribution >= 0.6 is 0 Å². The average molecular weight is 304 g/mol. The van der Waals surface area contributed by atoms with Gasteiger partial charge in [0.2, 0.25) is 0 Å². The summed E-state index contributed by atoms with van der Waals surface area (Å²) in [7, 11) is 0. The van der Waals surface area contributed by atoms with Crippen LogP contribution < -0.4 is 0 Å². The maximum Gasteiger partial charge on any atom is 0.167 e. The minimum Gasteiger partial charge on any atom is -0.196 e. The normalized spacial score (nSPS) is 17.2. The van der Waals surface area contributed by atoms with Gasteiger partial charge in [0.25, 0.3) is 0 Å². The zero-order valence-electron chi connectivity index (χ0n) is 15.2. The van der Waals surface area contributed by atoms with Crippen molar-refractivity contribution in [3.8, 4) is 12.1 Å². The van der Waals surface area contributed by atoms with E-state index in [1.54, 1.807) is 0 Å². The van der Waals surface area contributed by atoms with Crippen molar-refractivity contribution in [1.82, 2.24) is 0 Å². The second-order valence-corrected chi connectivity index (χ2v) is 7.18. The van der Waals surface area contributed by atoms with E-state index >= 15 is 0 Å². The predicted octanol–water partition coefficient (Wildman–Crippen LogP) is 5.66. The SMILES string of the molecule is CCCC(C#N)(CC(C)C)/N=N/C(C#N)(CCC)CC(C)C. The summed E-state index contributed by atoms with van der Waals surface area (Å²) in [5.74, 6) is 0.746. The van der Waals surface area contributed by atoms with Crippen molar-refractivity contribution in [2.24, 2.45) is 22.1 Å². The van der Waals surface area contributed by atoms with Crippen molar-refractivity contribution in [3.63, 3.8) is 0 Å². The molecule has 0 aliphatic carbocycles. The van der Waals surface area contributed by atoms with Crippen LogP contribution in [0.1, 0.15) is 80.1 Å². The van der Waals surface area contributed by atoms with Crippen LogP contribution in [0, 0.1) is 34.5 Å². The number of nitrogens with zero attached hydrogens (tertiary/aromatic N) is 4. The number of hydrogen-bond acceptors (Lipinski definition) is 4. The maximum atomic E-state index is 9.65. The minimum atomic E-state index is -0.782. The van der Waals surface area contributed by atoms with E-state index in [0.29, 0.717) is 37.5 Å². The van der Waals surface area contributed by atoms with Crippen LogP contribution in [0.3, 0.4) is 0 Å². The molecule has 2 unspecified atom stereocenters. The third-order valence-corrected chi connectivity index (χ3v) is 3.67. The molecule has 124 valence electrons. The van der Waals surface area contributed by atoms with Crippen LogP contribution in [-0.4, -0.2) is 11.1 Å². The Labute approximate surface area is 136 Å². The van der Waals surface area contributed by atoms with Crippen LogP contribution in [0.25, 0.3) is 0 Å². The quantitative estimate of drug-likeness (QED) is 0.489. The van der Waals surface area contributed by atoms with E-state index in [4.69, 9.17) is 0 Å². The highest BCUT2D eigenvalue weighted by atomic mass is 15.2. The van der Waals surface area contributed by atoms with Gasteiger partial charge in [-0.3, -0.25) is 0 Å². The van der Waals surface area contributed by atoms with E-state index in [2.05, 4.69) is 63.9 Å². The molecule has 0 aromatic carbocycles. The number of azo groups is 1. The first-order valence-corrected chi connectivity index (χ1v) is 8.55. The summed E-state index contributed by atoms with van der Waals surface area (Å²) >= 11 is 0. The monoisotopic (exact) mass is 304 g/mol. The maximum absolute atomic E-state index is 9.65. The Balaban J connectivity index is 5.56. The molecule has 0 aliphatic heterocycles. The lowest BCUT2D eigenvalue weighted by Gasteiger charge is -2.27. The summed E-state index contributed by atoms with van der Waals surface area (Å²) in [6, 6.07) is 4.74. The average Bonchev–Trinajstić information content (AvgIpc) is 2.44. The van der Waals surface area contributed by atoms with Gasteiger partial charge in [0.1, 0.15) is 0 Å². The van der Waals surface area contributed by atoms with Gasteiger partial charge < -0.3 is 0 Å². The summed E-state index contributed by atoms with van der Waals surface area (Å²) in [6.07, 6.45) is 4.54. The van der Waals surface area contributed by atoms with Crippen molar-refractivity contribution in [2.45, 2.75) is 91.1 Å². The van der Waals surface area contributed by atoms with E-state index in [-0.39, 0.29) is 0 Å². The van der Waals surface area contributed by atoms with Crippen LogP contribution in [0.4, 0.5) is 0 Å². The van der Waals surface area contributed by atoms with Crippen LogP contribution in [0.2, 0.25) is 0 Å². The number of hydrogen-bond donors (Lipinski definition) is 0. The third-order valence-electron chi connectivity index (χ3n) is 3.67. The Kier molecular flexibility index (Phi) is 8.95. The van der Waals surface area contributed by atoms with Gasteiger partial charge in [-0.2, -0.15) is 20.8 Å². The van der Waals surface area contributed by atoms with Gasteiger partial charge >= 0.3 is 0 Å². The van der Waals surface area contributed by atoms with E-state index in [0.717, 1.165) is 12.8 Å². The summed E-state index contributed by atoms with van der Waals surface area (Å²) in [5.41, 5.74) is -1.56. The van der Waals surface area contributed by atoms with Crippen molar-refractivity contribution in [3.05, 3.63) is 0 Å². The van der Waals surface area contributed by atoms with Crippen molar-refractivity contribution >= 4 is 0 Å². The van der Waals surface area contributed by atoms with Gasteiger partial charge in [-0.15, -0.1) is 0 Å². The Bertz CT molecular complexity index is 387. The molecule has 0 rings (SSSR count). The lowest BCUT2D eigenvalue weighted by atomic mass is 9.86. The smallest absolute Gasteiger partial charge is 0.167 e. The largest absolute Gasteiger partial charge is 0.196 e. The molecule has 0 aromatic rings. The molecule has 0 radical (unpaired) electrons. The molecule has 0 fully saturated rings. The summed E-state index contributed by atoms with van der Waals surface area (Å²) in [6.45, 7) is 12.5. The molecule has 4 heteroatoms. The summed E-state index contributed by atoms with van der Waals surface area (Å²) in [5, 5.41) is 28.2. The van der Waals surface area contributed by atoms with E-state index in [1.165, 1.54) is 0 Å². The highest BCUT2D eigenvalue weighted by molar-refractivity contribution is 5.11. The molecule has 0 heterocycles. The molecule has 4 nitrogen and oxygen atoms in total. The number of rotatable bonds is 10. The Morgan fingerprint density at radius 1 is 0.773 bits per heavy atom. The fraction of sp³-hybridized carbons (Fsp3) is 0.889. The minimum absolute atomic E-state index is 0.373. The molecule has 2 atom stereocenters. The van der Waals surface area contributed by atoms with Crippen molar-refractivity contribution < 1.29 is 0 Å². The topological polar surface area (TPSA) is 72.3 Å².